The summed E-state index contributed by atoms with van der Waals surface area (Å²) in [6, 6.07) is 8.67. The molecule has 0 saturated carbocycles. The maximum atomic E-state index is 5.49. The number of rotatable bonds is 3. The summed E-state index contributed by atoms with van der Waals surface area (Å²) in [5.41, 5.74) is 2.13. The molecule has 3 rings (SSSR count). The van der Waals surface area contributed by atoms with Crippen LogP contribution in [0.3, 0.4) is 0 Å². The summed E-state index contributed by atoms with van der Waals surface area (Å²) < 4.78 is 11.0. The first kappa shape index (κ1) is 13.9. The predicted molar refractivity (Wildman–Crippen MR) is 83.3 cm³/mol. The van der Waals surface area contributed by atoms with Gasteiger partial charge in [-0.3, -0.25) is 4.99 Å². The van der Waals surface area contributed by atoms with Crippen molar-refractivity contribution in [2.45, 2.75) is 32.1 Å². The molecule has 0 radical (unpaired) electrons. The molecule has 108 valence electrons. The Kier molecular flexibility index (Phi) is 4.60. The second-order valence-corrected chi connectivity index (χ2v) is 6.04. The quantitative estimate of drug-likeness (QED) is 0.927. The lowest BCUT2D eigenvalue weighted by atomic mass is 10.2. The number of amidine groups is 1. The molecule has 1 atom stereocenters. The molecule has 2 aliphatic rings. The Morgan fingerprint density at radius 1 is 1.25 bits per heavy atom. The summed E-state index contributed by atoms with van der Waals surface area (Å²) in [7, 11) is 0. The van der Waals surface area contributed by atoms with Crippen molar-refractivity contribution >= 4 is 22.6 Å². The lowest BCUT2D eigenvalue weighted by molar-refractivity contribution is -0.0441. The van der Waals surface area contributed by atoms with Crippen molar-refractivity contribution in [2.75, 3.05) is 24.3 Å². The lowest BCUT2D eigenvalue weighted by Crippen LogP contribution is -2.19. The Labute approximate surface area is 123 Å². The maximum Gasteiger partial charge on any atom is 0.184 e. The highest BCUT2D eigenvalue weighted by atomic mass is 32.2. The molecule has 0 aromatic heterocycles. The van der Waals surface area contributed by atoms with E-state index >= 15 is 0 Å². The third kappa shape index (κ3) is 3.34. The van der Waals surface area contributed by atoms with Gasteiger partial charge in [0.25, 0.3) is 0 Å². The molecule has 1 fully saturated rings. The number of benzene rings is 1. The summed E-state index contributed by atoms with van der Waals surface area (Å²) in [5.74, 6) is 1.15. The number of hydrogen-bond acceptors (Lipinski definition) is 5. The number of nitrogens with one attached hydrogen (secondary N) is 1. The average Bonchev–Trinajstić information content (AvgIpc) is 3.02. The van der Waals surface area contributed by atoms with Gasteiger partial charge in [0.15, 0.2) is 11.5 Å². The third-order valence-corrected chi connectivity index (χ3v) is 4.44. The van der Waals surface area contributed by atoms with Gasteiger partial charge in [-0.2, -0.15) is 0 Å². The first-order chi connectivity index (χ1) is 9.85. The first-order valence-corrected chi connectivity index (χ1v) is 8.14. The largest absolute Gasteiger partial charge is 0.346 e. The van der Waals surface area contributed by atoms with Crippen LogP contribution in [0.5, 0.6) is 0 Å². The van der Waals surface area contributed by atoms with Crippen LogP contribution >= 0.6 is 11.8 Å². The Balaban J connectivity index is 1.64. The van der Waals surface area contributed by atoms with E-state index in [0.717, 1.165) is 28.6 Å². The molecule has 2 aliphatic heterocycles. The van der Waals surface area contributed by atoms with Gasteiger partial charge in [0.2, 0.25) is 0 Å². The van der Waals surface area contributed by atoms with Crippen LogP contribution < -0.4 is 5.32 Å². The summed E-state index contributed by atoms with van der Waals surface area (Å²) in [5, 5.41) is 4.43. The van der Waals surface area contributed by atoms with Crippen LogP contribution in [0.4, 0.5) is 5.69 Å². The predicted octanol–water partition coefficient (Wildman–Crippen LogP) is 3.42. The van der Waals surface area contributed by atoms with E-state index in [1.807, 2.05) is 12.1 Å². The number of anilines is 1. The van der Waals surface area contributed by atoms with Crippen molar-refractivity contribution in [3.05, 3.63) is 29.8 Å². The second kappa shape index (κ2) is 6.61. The molecule has 2 heterocycles. The number of ether oxygens (including phenoxy) is 2. The van der Waals surface area contributed by atoms with E-state index in [9.17, 15) is 0 Å². The van der Waals surface area contributed by atoms with Gasteiger partial charge in [0.05, 0.1) is 19.3 Å². The smallest absolute Gasteiger partial charge is 0.184 e. The number of aliphatic imine (C=N–C) groups is 1. The number of nitrogens with zero attached hydrogens (tertiary/aromatic N) is 1. The highest BCUT2D eigenvalue weighted by molar-refractivity contribution is 8.14. The number of thioether (sulfide) groups is 1. The molecule has 4 nitrogen and oxygen atoms in total. The van der Waals surface area contributed by atoms with Crippen LogP contribution in [-0.2, 0) is 9.47 Å². The van der Waals surface area contributed by atoms with Crippen molar-refractivity contribution in [1.29, 1.82) is 0 Å². The van der Waals surface area contributed by atoms with Crippen LogP contribution in [0.2, 0.25) is 0 Å². The van der Waals surface area contributed by atoms with E-state index in [4.69, 9.17) is 14.5 Å². The second-order valence-electron chi connectivity index (χ2n) is 4.95. The highest BCUT2D eigenvalue weighted by Crippen LogP contribution is 2.25. The minimum absolute atomic E-state index is 0.199. The fraction of sp³-hybridized carbons (Fsp3) is 0.533. The highest BCUT2D eigenvalue weighted by Gasteiger charge is 2.18. The monoisotopic (exact) mass is 292 g/mol. The Hall–Kier alpha value is -1.04. The van der Waals surface area contributed by atoms with Crippen LogP contribution in [0.25, 0.3) is 0 Å². The zero-order chi connectivity index (χ0) is 13.8. The van der Waals surface area contributed by atoms with E-state index in [0.29, 0.717) is 19.3 Å². The molecule has 1 aromatic carbocycles. The fourth-order valence-electron chi connectivity index (χ4n) is 2.32. The SMILES string of the molecule is CCC1CCSC(Nc2ccc(C3OCCO3)cc2)=N1. The standard InChI is InChI=1S/C15H20N2O2S/c1-2-12-7-10-20-15(16-12)17-13-5-3-11(4-6-13)14-18-8-9-19-14/h3-6,12,14H,2,7-10H2,1H3,(H,16,17). The van der Waals surface area contributed by atoms with Crippen molar-refractivity contribution in [3.8, 4) is 0 Å². The van der Waals surface area contributed by atoms with Gasteiger partial charge in [-0.05, 0) is 25.0 Å². The summed E-state index contributed by atoms with van der Waals surface area (Å²) in [4.78, 5) is 4.71. The van der Waals surface area contributed by atoms with Crippen LogP contribution in [0, 0.1) is 0 Å². The topological polar surface area (TPSA) is 42.8 Å². The van der Waals surface area contributed by atoms with E-state index in [1.54, 1.807) is 11.8 Å². The van der Waals surface area contributed by atoms with E-state index in [1.165, 1.54) is 6.42 Å². The molecule has 1 unspecified atom stereocenters. The molecule has 5 heteroatoms. The van der Waals surface area contributed by atoms with Gasteiger partial charge in [-0.25, -0.2) is 0 Å². The Morgan fingerprint density at radius 3 is 2.70 bits per heavy atom. The lowest BCUT2D eigenvalue weighted by Gasteiger charge is -2.19. The van der Waals surface area contributed by atoms with E-state index in [-0.39, 0.29) is 6.29 Å². The molecule has 1 saturated heterocycles. The number of hydrogen-bond donors (Lipinski definition) is 1. The fourth-order valence-corrected chi connectivity index (χ4v) is 3.32. The zero-order valence-electron chi connectivity index (χ0n) is 11.7. The first-order valence-electron chi connectivity index (χ1n) is 7.16. The van der Waals surface area contributed by atoms with Crippen molar-refractivity contribution in [2.24, 2.45) is 4.99 Å². The van der Waals surface area contributed by atoms with Crippen molar-refractivity contribution < 1.29 is 9.47 Å². The zero-order valence-corrected chi connectivity index (χ0v) is 12.5. The summed E-state index contributed by atoms with van der Waals surface area (Å²) >= 11 is 1.80. The molecular weight excluding hydrogens is 272 g/mol. The third-order valence-electron chi connectivity index (χ3n) is 3.52. The van der Waals surface area contributed by atoms with Gasteiger partial charge >= 0.3 is 0 Å². The average molecular weight is 292 g/mol. The van der Waals surface area contributed by atoms with Crippen LogP contribution in [0.1, 0.15) is 31.6 Å². The van der Waals surface area contributed by atoms with Crippen LogP contribution in [-0.4, -0.2) is 30.2 Å². The molecule has 0 aliphatic carbocycles. The molecule has 1 aromatic rings. The van der Waals surface area contributed by atoms with Gasteiger partial charge < -0.3 is 14.8 Å². The minimum Gasteiger partial charge on any atom is -0.346 e. The molecule has 20 heavy (non-hydrogen) atoms. The van der Waals surface area contributed by atoms with Crippen LogP contribution in [0.15, 0.2) is 29.3 Å². The molecular formula is C15H20N2O2S. The van der Waals surface area contributed by atoms with E-state index < -0.39 is 0 Å². The Bertz CT molecular complexity index is 469. The van der Waals surface area contributed by atoms with Gasteiger partial charge in [-0.1, -0.05) is 30.8 Å². The van der Waals surface area contributed by atoms with Gasteiger partial charge in [0, 0.05) is 17.0 Å². The van der Waals surface area contributed by atoms with Gasteiger partial charge in [-0.15, -0.1) is 0 Å². The van der Waals surface area contributed by atoms with E-state index in [2.05, 4.69) is 24.4 Å². The normalized spacial score (nSPS) is 23.6. The maximum absolute atomic E-state index is 5.49. The van der Waals surface area contributed by atoms with Crippen molar-refractivity contribution in [1.82, 2.24) is 0 Å². The van der Waals surface area contributed by atoms with Gasteiger partial charge in [0.1, 0.15) is 0 Å². The minimum atomic E-state index is -0.199. The molecule has 0 amide bonds. The molecule has 0 bridgehead atoms. The molecule has 0 spiro atoms. The molecule has 1 N–H and O–H groups in total. The Morgan fingerprint density at radius 2 is 2.00 bits per heavy atom. The summed E-state index contributed by atoms with van der Waals surface area (Å²) in [6.45, 7) is 3.55. The summed E-state index contributed by atoms with van der Waals surface area (Å²) in [6.07, 6.45) is 2.10. The van der Waals surface area contributed by atoms with Crippen molar-refractivity contribution in [3.63, 3.8) is 0 Å².